The molecule has 2 aromatic rings. The number of rotatable bonds is 7. The number of carboxylic acids is 1. The zero-order chi connectivity index (χ0) is 20.7. The second kappa shape index (κ2) is 7.42. The van der Waals surface area contributed by atoms with E-state index in [0.717, 1.165) is 28.8 Å². The molecule has 3 rings (SSSR count). The Hall–Kier alpha value is -1.46. The maximum absolute atomic E-state index is 12.9. The number of hydrogen-bond donors (Lipinski definition) is 1. The molecule has 1 fully saturated rings. The van der Waals surface area contributed by atoms with E-state index in [0.29, 0.717) is 5.75 Å². The highest BCUT2D eigenvalue weighted by Gasteiger charge is 2.59. The first-order chi connectivity index (χ1) is 13.0. The maximum atomic E-state index is 12.9. The van der Waals surface area contributed by atoms with Crippen molar-refractivity contribution in [1.29, 1.82) is 0 Å². The highest BCUT2D eigenvalue weighted by Crippen LogP contribution is 2.62. The first-order valence-electron chi connectivity index (χ1n) is 9.73. The molecule has 0 saturated heterocycles. The van der Waals surface area contributed by atoms with Crippen LogP contribution in [0.5, 0.6) is 0 Å². The van der Waals surface area contributed by atoms with Crippen LogP contribution in [-0.4, -0.2) is 25.8 Å². The summed E-state index contributed by atoms with van der Waals surface area (Å²) < 4.78 is 12.6. The van der Waals surface area contributed by atoms with Crippen molar-refractivity contribution in [3.8, 4) is 11.1 Å². The normalized spacial score (nSPS) is 19.0. The summed E-state index contributed by atoms with van der Waals surface area (Å²) in [5.41, 5.74) is 2.79. The number of carbonyl (C=O) groups is 1. The zero-order valence-electron chi connectivity index (χ0n) is 17.4. The zero-order valence-corrected chi connectivity index (χ0v) is 19.0. The van der Waals surface area contributed by atoms with Crippen LogP contribution in [0.15, 0.2) is 35.7 Å². The smallest absolute Gasteiger partial charge is 0.304 e. The number of hydrogen-bond acceptors (Lipinski definition) is 3. The van der Waals surface area contributed by atoms with E-state index in [2.05, 4.69) is 43.5 Å². The topological polar surface area (TPSA) is 54.4 Å². The molecular weight excluding hydrogens is 388 g/mol. The molecule has 3 nitrogen and oxygen atoms in total. The van der Waals surface area contributed by atoms with Crippen LogP contribution in [0.4, 0.5) is 0 Å². The first kappa shape index (κ1) is 21.3. The molecule has 1 aliphatic rings. The molecule has 1 saturated carbocycles. The molecule has 5 heteroatoms. The average molecular weight is 419 g/mol. The van der Waals surface area contributed by atoms with E-state index < -0.39 is 22.2 Å². The van der Waals surface area contributed by atoms with Crippen LogP contribution < -0.4 is 0 Å². The fourth-order valence-electron chi connectivity index (χ4n) is 3.91. The molecule has 1 aromatic heterocycles. The molecular formula is C23H30O3S2. The molecule has 0 amide bonds. The van der Waals surface area contributed by atoms with Crippen LogP contribution >= 0.6 is 11.3 Å². The number of aryl methyl sites for hydroxylation is 1. The van der Waals surface area contributed by atoms with Crippen LogP contribution in [0.1, 0.15) is 57.4 Å². The molecule has 0 bridgehead atoms. The molecule has 1 aromatic carbocycles. The molecule has 28 heavy (non-hydrogen) atoms. The van der Waals surface area contributed by atoms with Crippen molar-refractivity contribution in [3.63, 3.8) is 0 Å². The lowest BCUT2D eigenvalue weighted by Crippen LogP contribution is -2.41. The van der Waals surface area contributed by atoms with E-state index in [9.17, 15) is 14.1 Å². The lowest BCUT2D eigenvalue weighted by atomic mass is 9.71. The van der Waals surface area contributed by atoms with Crippen molar-refractivity contribution in [3.05, 3.63) is 46.2 Å². The minimum atomic E-state index is -1.000. The predicted octanol–water partition coefficient (Wildman–Crippen LogP) is 5.78. The maximum Gasteiger partial charge on any atom is 0.304 e. The van der Waals surface area contributed by atoms with Crippen molar-refractivity contribution in [2.24, 2.45) is 5.41 Å². The van der Waals surface area contributed by atoms with Crippen molar-refractivity contribution in [1.82, 2.24) is 0 Å². The van der Waals surface area contributed by atoms with Gasteiger partial charge in [-0.15, -0.1) is 11.3 Å². The SMILES string of the molecule is Cc1cccc(-c2csc([C@](C)(CC(=O)O)C3(CS(=O)C(C)(C)C)CC3)c2)c1. The number of carboxylic acid groups (broad SMARTS) is 1. The number of benzene rings is 1. The van der Waals surface area contributed by atoms with Gasteiger partial charge in [0.2, 0.25) is 0 Å². The predicted molar refractivity (Wildman–Crippen MR) is 119 cm³/mol. The van der Waals surface area contributed by atoms with Gasteiger partial charge >= 0.3 is 5.97 Å². The van der Waals surface area contributed by atoms with Gasteiger partial charge in [0.15, 0.2) is 0 Å². The van der Waals surface area contributed by atoms with Gasteiger partial charge < -0.3 is 5.11 Å². The van der Waals surface area contributed by atoms with Crippen LogP contribution in [-0.2, 0) is 21.0 Å². The molecule has 152 valence electrons. The summed E-state index contributed by atoms with van der Waals surface area (Å²) in [5, 5.41) is 11.8. The summed E-state index contributed by atoms with van der Waals surface area (Å²) in [6, 6.07) is 10.5. The molecule has 1 aliphatic carbocycles. The van der Waals surface area contributed by atoms with Gasteiger partial charge in [-0.2, -0.15) is 0 Å². The Morgan fingerprint density at radius 1 is 1.18 bits per heavy atom. The highest BCUT2D eigenvalue weighted by atomic mass is 32.2. The summed E-state index contributed by atoms with van der Waals surface area (Å²) in [7, 11) is -1.000. The van der Waals surface area contributed by atoms with E-state index in [-0.39, 0.29) is 16.6 Å². The van der Waals surface area contributed by atoms with Crippen molar-refractivity contribution in [2.45, 2.75) is 64.0 Å². The minimum Gasteiger partial charge on any atom is -0.481 e. The van der Waals surface area contributed by atoms with Gasteiger partial charge in [-0.05, 0) is 68.5 Å². The van der Waals surface area contributed by atoms with Crippen LogP contribution in [0.25, 0.3) is 11.1 Å². The molecule has 0 aliphatic heterocycles. The molecule has 1 heterocycles. The van der Waals surface area contributed by atoms with E-state index in [1.54, 1.807) is 11.3 Å². The lowest BCUT2D eigenvalue weighted by Gasteiger charge is -2.38. The second-order valence-electron chi connectivity index (χ2n) is 9.35. The van der Waals surface area contributed by atoms with Gasteiger partial charge in [0, 0.05) is 31.6 Å². The molecule has 0 spiro atoms. The van der Waals surface area contributed by atoms with E-state index in [1.807, 2.05) is 26.8 Å². The number of thiophene rings is 1. The third kappa shape index (κ3) is 4.11. The number of aliphatic carboxylic acids is 1. The minimum absolute atomic E-state index is 0.0715. The summed E-state index contributed by atoms with van der Waals surface area (Å²) in [6.45, 7) is 10.1. The van der Waals surface area contributed by atoms with Crippen LogP contribution in [0.3, 0.4) is 0 Å². The third-order valence-corrected chi connectivity index (χ3v) is 9.49. The summed E-state index contributed by atoms with van der Waals surface area (Å²) >= 11 is 1.64. The standard InChI is InChI=1S/C23H30O3S2/c1-16-7-6-8-17(11-16)18-12-19(27-14-18)22(5,13-20(24)25)23(9-10-23)15-28(26)21(2,3)4/h6-8,11-12,14H,9-10,13,15H2,1-5H3,(H,24,25)/t22-,28?/m0/s1. The Bertz CT molecular complexity index is 903. The average Bonchev–Trinajstić information content (AvgIpc) is 3.19. The Kier molecular flexibility index (Phi) is 5.63. The monoisotopic (exact) mass is 418 g/mol. The first-order valence-corrected chi connectivity index (χ1v) is 11.9. The van der Waals surface area contributed by atoms with Crippen molar-refractivity contribution in [2.75, 3.05) is 5.75 Å². The van der Waals surface area contributed by atoms with E-state index in [4.69, 9.17) is 0 Å². The van der Waals surface area contributed by atoms with Gasteiger partial charge in [0.25, 0.3) is 0 Å². The lowest BCUT2D eigenvalue weighted by molar-refractivity contribution is -0.139. The van der Waals surface area contributed by atoms with E-state index >= 15 is 0 Å². The Balaban J connectivity index is 1.99. The van der Waals surface area contributed by atoms with Crippen LogP contribution in [0.2, 0.25) is 0 Å². The van der Waals surface area contributed by atoms with E-state index in [1.165, 1.54) is 5.56 Å². The second-order valence-corrected chi connectivity index (χ2v) is 12.5. The molecule has 1 unspecified atom stereocenters. The van der Waals surface area contributed by atoms with Crippen molar-refractivity contribution >= 4 is 28.1 Å². The summed E-state index contributed by atoms with van der Waals surface area (Å²) in [4.78, 5) is 12.9. The Morgan fingerprint density at radius 3 is 2.39 bits per heavy atom. The van der Waals surface area contributed by atoms with Gasteiger partial charge in [0.1, 0.15) is 0 Å². The van der Waals surface area contributed by atoms with Gasteiger partial charge in [-0.3, -0.25) is 9.00 Å². The quantitative estimate of drug-likeness (QED) is 0.620. The third-order valence-electron chi connectivity index (χ3n) is 6.11. The molecule has 2 atom stereocenters. The Labute approximate surface area is 174 Å². The highest BCUT2D eigenvalue weighted by molar-refractivity contribution is 7.86. The van der Waals surface area contributed by atoms with Crippen molar-refractivity contribution < 1.29 is 14.1 Å². The van der Waals surface area contributed by atoms with Gasteiger partial charge in [-0.1, -0.05) is 36.8 Å². The Morgan fingerprint density at radius 2 is 1.86 bits per heavy atom. The molecule has 1 N–H and O–H groups in total. The van der Waals surface area contributed by atoms with Crippen LogP contribution in [0, 0.1) is 12.3 Å². The van der Waals surface area contributed by atoms with Gasteiger partial charge in [-0.25, -0.2) is 0 Å². The fraction of sp³-hybridized carbons (Fsp3) is 0.522. The summed E-state index contributed by atoms with van der Waals surface area (Å²) in [5.74, 6) is -0.223. The summed E-state index contributed by atoms with van der Waals surface area (Å²) in [6.07, 6.45) is 1.95. The largest absolute Gasteiger partial charge is 0.481 e. The molecule has 0 radical (unpaired) electrons. The fourth-order valence-corrected chi connectivity index (χ4v) is 6.66. The van der Waals surface area contributed by atoms with Gasteiger partial charge in [0.05, 0.1) is 6.42 Å².